The lowest BCUT2D eigenvalue weighted by Gasteiger charge is -2.15. The van der Waals surface area contributed by atoms with Gasteiger partial charge in [0, 0.05) is 41.8 Å². The molecule has 0 bridgehead atoms. The Morgan fingerprint density at radius 1 is 1.12 bits per heavy atom. The average molecular weight is 350 g/mol. The minimum atomic E-state index is -0.125. The lowest BCUT2D eigenvalue weighted by Crippen LogP contribution is -2.27. The van der Waals surface area contributed by atoms with Crippen molar-refractivity contribution >= 4 is 11.9 Å². The molecule has 1 amide bonds. The molecule has 2 heterocycles. The number of rotatable bonds is 4. The highest BCUT2D eigenvalue weighted by molar-refractivity contribution is 5.95. The topological polar surface area (TPSA) is 98.7 Å². The third-order valence-corrected chi connectivity index (χ3v) is 4.50. The van der Waals surface area contributed by atoms with Crippen molar-refractivity contribution in [2.75, 3.05) is 5.73 Å². The lowest BCUT2D eigenvalue weighted by molar-refractivity contribution is 0.0940. The van der Waals surface area contributed by atoms with Gasteiger partial charge in [-0.05, 0) is 38.5 Å². The quantitative estimate of drug-likeness (QED) is 0.753. The Morgan fingerprint density at radius 2 is 1.73 bits per heavy atom. The molecule has 3 rings (SSSR count). The predicted molar refractivity (Wildman–Crippen MR) is 100 cm³/mol. The maximum atomic E-state index is 12.6. The predicted octanol–water partition coefficient (Wildman–Crippen LogP) is 2.57. The maximum absolute atomic E-state index is 12.6. The van der Waals surface area contributed by atoms with Gasteiger partial charge in [0.2, 0.25) is 5.95 Å². The van der Waals surface area contributed by atoms with E-state index in [-0.39, 0.29) is 17.9 Å². The number of amides is 1. The number of aromatic nitrogens is 4. The van der Waals surface area contributed by atoms with Crippen molar-refractivity contribution in [2.24, 2.45) is 7.05 Å². The first kappa shape index (κ1) is 17.6. The molecule has 26 heavy (non-hydrogen) atoms. The highest BCUT2D eigenvalue weighted by atomic mass is 16.1. The number of carbonyl (C=O) groups excluding carboxylic acids is 1. The second kappa shape index (κ2) is 6.95. The summed E-state index contributed by atoms with van der Waals surface area (Å²) < 4.78 is 1.83. The number of hydrogen-bond donors (Lipinski definition) is 2. The van der Waals surface area contributed by atoms with Gasteiger partial charge in [0.1, 0.15) is 0 Å². The Kier molecular flexibility index (Phi) is 4.71. The summed E-state index contributed by atoms with van der Waals surface area (Å²) in [6, 6.07) is 7.19. The summed E-state index contributed by atoms with van der Waals surface area (Å²) in [5.74, 6) is 0.111. The molecule has 0 saturated carbocycles. The van der Waals surface area contributed by atoms with Crippen molar-refractivity contribution in [2.45, 2.75) is 26.8 Å². The van der Waals surface area contributed by atoms with E-state index in [0.29, 0.717) is 5.56 Å². The highest BCUT2D eigenvalue weighted by Crippen LogP contribution is 2.22. The number of carbonyl (C=O) groups is 1. The summed E-state index contributed by atoms with van der Waals surface area (Å²) in [6.07, 6.45) is 3.32. The van der Waals surface area contributed by atoms with Gasteiger partial charge in [-0.15, -0.1) is 0 Å². The van der Waals surface area contributed by atoms with Crippen LogP contribution in [-0.2, 0) is 7.05 Å². The minimum absolute atomic E-state index is 0.124. The number of aryl methyl sites for hydroxylation is 2. The molecule has 2 aromatic heterocycles. The van der Waals surface area contributed by atoms with E-state index in [1.54, 1.807) is 24.5 Å². The van der Waals surface area contributed by atoms with Crippen LogP contribution < -0.4 is 11.1 Å². The molecule has 0 saturated heterocycles. The van der Waals surface area contributed by atoms with Gasteiger partial charge in [0.25, 0.3) is 5.91 Å². The van der Waals surface area contributed by atoms with E-state index >= 15 is 0 Å². The van der Waals surface area contributed by atoms with E-state index < -0.39 is 0 Å². The van der Waals surface area contributed by atoms with Crippen LogP contribution in [0.2, 0.25) is 0 Å². The van der Waals surface area contributed by atoms with E-state index in [9.17, 15) is 4.79 Å². The fourth-order valence-corrected chi connectivity index (χ4v) is 3.07. The van der Waals surface area contributed by atoms with E-state index in [4.69, 9.17) is 5.73 Å². The van der Waals surface area contributed by atoms with Crippen LogP contribution >= 0.6 is 0 Å². The molecule has 0 fully saturated rings. The Balaban J connectivity index is 1.75. The summed E-state index contributed by atoms with van der Waals surface area (Å²) >= 11 is 0. The number of hydrogen-bond acceptors (Lipinski definition) is 5. The van der Waals surface area contributed by atoms with Gasteiger partial charge in [-0.1, -0.05) is 12.1 Å². The molecule has 1 aromatic carbocycles. The second-order valence-electron chi connectivity index (χ2n) is 6.31. The minimum Gasteiger partial charge on any atom is -0.368 e. The van der Waals surface area contributed by atoms with Crippen LogP contribution in [0.15, 0.2) is 36.7 Å². The standard InChI is InChI=1S/C19H22N6O/c1-11(17-12(2)24-25(4)13(17)3)23-18(26)15-7-5-14(6-8-15)16-9-21-19(20)22-10-16/h5-11H,1-4H3,(H,23,26)(H2,20,21,22)/t11-/m0/s1. The van der Waals surface area contributed by atoms with Gasteiger partial charge >= 0.3 is 0 Å². The first-order chi connectivity index (χ1) is 12.4. The van der Waals surface area contributed by atoms with Gasteiger partial charge in [-0.2, -0.15) is 5.10 Å². The number of nitrogens with two attached hydrogens (primary N) is 1. The van der Waals surface area contributed by atoms with E-state index in [1.165, 1.54) is 0 Å². The number of anilines is 1. The zero-order valence-corrected chi connectivity index (χ0v) is 15.3. The maximum Gasteiger partial charge on any atom is 0.251 e. The molecular formula is C19H22N6O. The third kappa shape index (κ3) is 3.42. The molecule has 0 spiro atoms. The number of nitrogen functional groups attached to an aromatic ring is 1. The van der Waals surface area contributed by atoms with Crippen LogP contribution in [-0.4, -0.2) is 25.7 Å². The van der Waals surface area contributed by atoms with E-state index in [2.05, 4.69) is 20.4 Å². The number of nitrogens with zero attached hydrogens (tertiary/aromatic N) is 4. The first-order valence-corrected chi connectivity index (χ1v) is 8.35. The van der Waals surface area contributed by atoms with Gasteiger partial charge in [0.15, 0.2) is 0 Å². The largest absolute Gasteiger partial charge is 0.368 e. The van der Waals surface area contributed by atoms with Crippen LogP contribution in [0.5, 0.6) is 0 Å². The van der Waals surface area contributed by atoms with Crippen LogP contribution in [0.1, 0.15) is 40.3 Å². The molecule has 0 unspecified atom stereocenters. The molecule has 0 aliphatic heterocycles. The number of nitrogens with one attached hydrogen (secondary N) is 1. The first-order valence-electron chi connectivity index (χ1n) is 8.35. The van der Waals surface area contributed by atoms with Crippen molar-refractivity contribution < 1.29 is 4.79 Å². The van der Waals surface area contributed by atoms with Crippen LogP contribution in [0.3, 0.4) is 0 Å². The van der Waals surface area contributed by atoms with Crippen LogP contribution in [0.25, 0.3) is 11.1 Å². The summed E-state index contributed by atoms with van der Waals surface area (Å²) in [6.45, 7) is 5.92. The molecular weight excluding hydrogens is 328 g/mol. The Bertz CT molecular complexity index is 928. The highest BCUT2D eigenvalue weighted by Gasteiger charge is 2.18. The van der Waals surface area contributed by atoms with Crippen molar-refractivity contribution in [3.8, 4) is 11.1 Å². The van der Waals surface area contributed by atoms with Gasteiger partial charge in [0.05, 0.1) is 11.7 Å². The van der Waals surface area contributed by atoms with Crippen LogP contribution in [0, 0.1) is 13.8 Å². The molecule has 3 N–H and O–H groups in total. The fraction of sp³-hybridized carbons (Fsp3) is 0.263. The summed E-state index contributed by atoms with van der Waals surface area (Å²) in [7, 11) is 1.90. The monoisotopic (exact) mass is 350 g/mol. The zero-order chi connectivity index (χ0) is 18.8. The van der Waals surface area contributed by atoms with Crippen molar-refractivity contribution in [3.63, 3.8) is 0 Å². The smallest absolute Gasteiger partial charge is 0.251 e. The van der Waals surface area contributed by atoms with Crippen molar-refractivity contribution in [3.05, 3.63) is 59.2 Å². The Labute approximate surface area is 152 Å². The number of benzene rings is 1. The van der Waals surface area contributed by atoms with Crippen molar-refractivity contribution in [1.82, 2.24) is 25.1 Å². The SMILES string of the molecule is Cc1nn(C)c(C)c1[C@H](C)NC(=O)c1ccc(-c2cnc(N)nc2)cc1. The molecule has 7 heteroatoms. The fourth-order valence-electron chi connectivity index (χ4n) is 3.07. The zero-order valence-electron chi connectivity index (χ0n) is 15.3. The molecule has 0 aliphatic rings. The summed E-state index contributed by atoms with van der Waals surface area (Å²) in [4.78, 5) is 20.5. The molecule has 7 nitrogen and oxygen atoms in total. The average Bonchev–Trinajstić information content (AvgIpc) is 2.88. The molecule has 0 aliphatic carbocycles. The molecule has 0 radical (unpaired) electrons. The van der Waals surface area contributed by atoms with E-state index in [0.717, 1.165) is 28.1 Å². The second-order valence-corrected chi connectivity index (χ2v) is 6.31. The Morgan fingerprint density at radius 3 is 2.27 bits per heavy atom. The lowest BCUT2D eigenvalue weighted by atomic mass is 10.0. The Hall–Kier alpha value is -3.22. The molecule has 134 valence electrons. The molecule has 1 atom stereocenters. The van der Waals surface area contributed by atoms with Gasteiger partial charge < -0.3 is 11.1 Å². The summed E-state index contributed by atoms with van der Waals surface area (Å²) in [5.41, 5.74) is 10.9. The normalized spacial score (nSPS) is 12.0. The van der Waals surface area contributed by atoms with E-state index in [1.807, 2.05) is 44.6 Å². The van der Waals surface area contributed by atoms with Gasteiger partial charge in [-0.3, -0.25) is 9.48 Å². The summed E-state index contributed by atoms with van der Waals surface area (Å²) in [5, 5.41) is 7.45. The van der Waals surface area contributed by atoms with Crippen molar-refractivity contribution in [1.29, 1.82) is 0 Å². The third-order valence-electron chi connectivity index (χ3n) is 4.50. The molecule has 3 aromatic rings. The van der Waals surface area contributed by atoms with Crippen LogP contribution in [0.4, 0.5) is 5.95 Å². The van der Waals surface area contributed by atoms with Gasteiger partial charge in [-0.25, -0.2) is 9.97 Å².